The molecule has 2 fully saturated rings. The normalized spacial score (nSPS) is 28.4. The van der Waals surface area contributed by atoms with Crippen LogP contribution in [0.5, 0.6) is 5.75 Å². The molecule has 0 radical (unpaired) electrons. The van der Waals surface area contributed by atoms with Crippen molar-refractivity contribution < 1.29 is 19.1 Å². The molecular formula is C25H27N3O4. The van der Waals surface area contributed by atoms with Gasteiger partial charge in [-0.1, -0.05) is 50.2 Å². The predicted octanol–water partition coefficient (Wildman–Crippen LogP) is 2.66. The third-order valence-electron chi connectivity index (χ3n) is 6.96. The quantitative estimate of drug-likeness (QED) is 0.708. The Morgan fingerprint density at radius 3 is 2.50 bits per heavy atom. The number of carbonyl (C=O) groups excluding carboxylic acids is 3. The number of likely N-dealkylation sites (tertiary alicyclic amines) is 1. The van der Waals surface area contributed by atoms with E-state index in [2.05, 4.69) is 24.5 Å². The first-order chi connectivity index (χ1) is 15.4. The summed E-state index contributed by atoms with van der Waals surface area (Å²) < 4.78 is 5.42. The van der Waals surface area contributed by atoms with Crippen molar-refractivity contribution >= 4 is 23.4 Å². The van der Waals surface area contributed by atoms with Gasteiger partial charge in [-0.2, -0.15) is 0 Å². The molecule has 2 aromatic rings. The Morgan fingerprint density at radius 2 is 1.75 bits per heavy atom. The lowest BCUT2D eigenvalue weighted by atomic mass is 9.76. The second-order valence-corrected chi connectivity index (χ2v) is 9.27. The van der Waals surface area contributed by atoms with E-state index in [9.17, 15) is 14.4 Å². The van der Waals surface area contributed by atoms with Crippen molar-refractivity contribution in [3.8, 4) is 5.75 Å². The molecule has 166 valence electrons. The fourth-order valence-corrected chi connectivity index (χ4v) is 5.69. The fourth-order valence-electron chi connectivity index (χ4n) is 5.69. The minimum Gasteiger partial charge on any atom is -0.496 e. The molecule has 0 aliphatic carbocycles. The number of benzene rings is 2. The molecule has 5 rings (SSSR count). The van der Waals surface area contributed by atoms with Gasteiger partial charge < -0.3 is 10.1 Å². The second-order valence-electron chi connectivity index (χ2n) is 9.27. The van der Waals surface area contributed by atoms with E-state index in [-0.39, 0.29) is 30.3 Å². The molecule has 3 aliphatic rings. The molecular weight excluding hydrogens is 406 g/mol. The van der Waals surface area contributed by atoms with E-state index < -0.39 is 17.4 Å². The van der Waals surface area contributed by atoms with Crippen LogP contribution < -0.4 is 15.4 Å². The Balaban J connectivity index is 1.59. The number of rotatable bonds is 5. The average molecular weight is 434 g/mol. The summed E-state index contributed by atoms with van der Waals surface area (Å²) in [7, 11) is 1.57. The lowest BCUT2D eigenvalue weighted by molar-refractivity contribution is -0.143. The maximum absolute atomic E-state index is 13.8. The summed E-state index contributed by atoms with van der Waals surface area (Å²) in [4.78, 5) is 42.1. The number of methoxy groups -OCH3 is 1. The van der Waals surface area contributed by atoms with Crippen LogP contribution in [0.4, 0.5) is 5.69 Å². The van der Waals surface area contributed by atoms with Gasteiger partial charge >= 0.3 is 0 Å². The monoisotopic (exact) mass is 433 g/mol. The summed E-state index contributed by atoms with van der Waals surface area (Å²) in [6.45, 7) is 4.29. The molecule has 2 aromatic carbocycles. The molecule has 0 saturated carbocycles. The van der Waals surface area contributed by atoms with E-state index in [0.717, 1.165) is 11.1 Å². The number of ether oxygens (including phenoxy) is 1. The van der Waals surface area contributed by atoms with Gasteiger partial charge in [0.05, 0.1) is 25.5 Å². The molecule has 4 unspecified atom stereocenters. The Labute approximate surface area is 187 Å². The molecule has 7 heteroatoms. The number of para-hydroxylation sites is 2. The van der Waals surface area contributed by atoms with E-state index in [1.54, 1.807) is 7.11 Å². The topological polar surface area (TPSA) is 87.7 Å². The Bertz CT molecular complexity index is 1110. The van der Waals surface area contributed by atoms with Crippen molar-refractivity contribution in [2.45, 2.75) is 38.4 Å². The van der Waals surface area contributed by atoms with E-state index >= 15 is 0 Å². The molecule has 1 spiro atoms. The molecule has 2 saturated heterocycles. The summed E-state index contributed by atoms with van der Waals surface area (Å²) in [6, 6.07) is 14.5. The van der Waals surface area contributed by atoms with Crippen LogP contribution in [-0.4, -0.2) is 35.8 Å². The Kier molecular flexibility index (Phi) is 4.82. The highest BCUT2D eigenvalue weighted by Gasteiger charge is 2.70. The highest BCUT2D eigenvalue weighted by Crippen LogP contribution is 2.53. The lowest BCUT2D eigenvalue weighted by Crippen LogP contribution is -2.53. The summed E-state index contributed by atoms with van der Waals surface area (Å²) in [5.74, 6) is -1.24. The first kappa shape index (κ1) is 20.7. The van der Waals surface area contributed by atoms with Gasteiger partial charge in [-0.25, -0.2) is 0 Å². The third kappa shape index (κ3) is 2.80. The van der Waals surface area contributed by atoms with Crippen LogP contribution >= 0.6 is 0 Å². The van der Waals surface area contributed by atoms with Gasteiger partial charge in [0.2, 0.25) is 17.7 Å². The van der Waals surface area contributed by atoms with Gasteiger partial charge in [0.25, 0.3) is 0 Å². The van der Waals surface area contributed by atoms with Crippen LogP contribution in [-0.2, 0) is 26.5 Å². The van der Waals surface area contributed by atoms with Crippen molar-refractivity contribution in [1.82, 2.24) is 10.2 Å². The zero-order valence-corrected chi connectivity index (χ0v) is 18.4. The largest absolute Gasteiger partial charge is 0.496 e. The second kappa shape index (κ2) is 7.45. The predicted molar refractivity (Wildman–Crippen MR) is 119 cm³/mol. The Morgan fingerprint density at radius 1 is 1.03 bits per heavy atom. The minimum atomic E-state index is -1.23. The number of anilines is 1. The summed E-state index contributed by atoms with van der Waals surface area (Å²) in [6.07, 6.45) is 0.694. The highest BCUT2D eigenvalue weighted by atomic mass is 16.5. The van der Waals surface area contributed by atoms with Crippen molar-refractivity contribution in [3.63, 3.8) is 0 Å². The van der Waals surface area contributed by atoms with Crippen LogP contribution in [0.1, 0.15) is 31.4 Å². The van der Waals surface area contributed by atoms with E-state index in [1.165, 1.54) is 4.90 Å². The number of carbonyl (C=O) groups is 3. The van der Waals surface area contributed by atoms with Crippen LogP contribution in [0.25, 0.3) is 0 Å². The van der Waals surface area contributed by atoms with Gasteiger partial charge in [-0.3, -0.25) is 24.6 Å². The number of nitrogens with one attached hydrogen (secondary N) is 2. The molecule has 0 aromatic heterocycles. The standard InChI is InChI=1S/C25H27N3O4/c1-14(2)12-18-20-21(25(27-18)16-9-5-6-10-17(16)26-24(25)31)23(30)28(22(20)29)13-15-8-4-7-11-19(15)32-3/h4-11,14,18,20-21,27H,12-13H2,1-3H3,(H,26,31). The molecule has 0 bridgehead atoms. The number of hydrogen-bond donors (Lipinski definition) is 2. The summed E-state index contributed by atoms with van der Waals surface area (Å²) in [5.41, 5.74) is 0.961. The van der Waals surface area contributed by atoms with Crippen molar-refractivity contribution in [2.75, 3.05) is 12.4 Å². The maximum Gasteiger partial charge on any atom is 0.250 e. The van der Waals surface area contributed by atoms with Crippen molar-refractivity contribution in [1.29, 1.82) is 0 Å². The minimum absolute atomic E-state index is 0.127. The van der Waals surface area contributed by atoms with Gasteiger partial charge in [-0.15, -0.1) is 0 Å². The molecule has 4 atom stereocenters. The van der Waals surface area contributed by atoms with Crippen LogP contribution in [0.15, 0.2) is 48.5 Å². The summed E-state index contributed by atoms with van der Waals surface area (Å²) >= 11 is 0. The van der Waals surface area contributed by atoms with Crippen LogP contribution in [0, 0.1) is 17.8 Å². The van der Waals surface area contributed by atoms with Crippen LogP contribution in [0.3, 0.4) is 0 Å². The molecule has 32 heavy (non-hydrogen) atoms. The van der Waals surface area contributed by atoms with Crippen LogP contribution in [0.2, 0.25) is 0 Å². The first-order valence-corrected chi connectivity index (χ1v) is 11.0. The maximum atomic E-state index is 13.8. The number of nitrogens with zero attached hydrogens (tertiary/aromatic N) is 1. The third-order valence-corrected chi connectivity index (χ3v) is 6.96. The SMILES string of the molecule is COc1ccccc1CN1C(=O)C2C(CC(C)C)NC3(C(=O)Nc4ccccc43)C2C1=O. The van der Waals surface area contributed by atoms with E-state index in [1.807, 2.05) is 48.5 Å². The number of imide groups is 1. The first-order valence-electron chi connectivity index (χ1n) is 11.0. The zero-order valence-electron chi connectivity index (χ0n) is 18.4. The Hall–Kier alpha value is -3.19. The van der Waals surface area contributed by atoms with Gasteiger partial charge in [-0.05, 0) is 24.5 Å². The lowest BCUT2D eigenvalue weighted by Gasteiger charge is -2.30. The zero-order chi connectivity index (χ0) is 22.6. The number of amides is 3. The molecule has 3 amide bonds. The number of hydrogen-bond acceptors (Lipinski definition) is 5. The highest BCUT2D eigenvalue weighted by molar-refractivity contribution is 6.15. The van der Waals surface area contributed by atoms with Crippen molar-refractivity contribution in [2.24, 2.45) is 17.8 Å². The van der Waals surface area contributed by atoms with E-state index in [0.29, 0.717) is 23.8 Å². The van der Waals surface area contributed by atoms with Crippen molar-refractivity contribution in [3.05, 3.63) is 59.7 Å². The van der Waals surface area contributed by atoms with Gasteiger partial charge in [0, 0.05) is 22.9 Å². The molecule has 7 nitrogen and oxygen atoms in total. The summed E-state index contributed by atoms with van der Waals surface area (Å²) in [5, 5.41) is 6.40. The van der Waals surface area contributed by atoms with Gasteiger partial charge in [0.15, 0.2) is 0 Å². The molecule has 3 heterocycles. The van der Waals surface area contributed by atoms with Gasteiger partial charge in [0.1, 0.15) is 11.3 Å². The fraction of sp³-hybridized carbons (Fsp3) is 0.400. The average Bonchev–Trinajstić information content (AvgIpc) is 3.34. The molecule has 3 aliphatic heterocycles. The smallest absolute Gasteiger partial charge is 0.250 e. The molecule has 2 N–H and O–H groups in total. The van der Waals surface area contributed by atoms with E-state index in [4.69, 9.17) is 4.74 Å². The number of fused-ring (bicyclic) bond motifs is 4.